The summed E-state index contributed by atoms with van der Waals surface area (Å²) in [5.74, 6) is 1.69. The summed E-state index contributed by atoms with van der Waals surface area (Å²) in [6, 6.07) is 6.97. The van der Waals surface area contributed by atoms with Crippen LogP contribution >= 0.6 is 11.6 Å². The zero-order chi connectivity index (χ0) is 7.40. The molecule has 0 aliphatic carbocycles. The highest BCUT2D eigenvalue weighted by Crippen LogP contribution is 2.09. The summed E-state index contributed by atoms with van der Waals surface area (Å²) in [7, 11) is 0. The standard InChI is InChI=1S/C8H5ClO/c9-8-3-1-7(2-4-8)5-6-10/h1-5H. The van der Waals surface area contributed by atoms with Gasteiger partial charge in [-0.1, -0.05) is 23.7 Å². The molecule has 1 aromatic rings. The minimum Gasteiger partial charge on any atom is -0.233 e. The molecular weight excluding hydrogens is 148 g/mol. The zero-order valence-corrected chi connectivity index (χ0v) is 5.93. The number of rotatable bonds is 1. The minimum atomic E-state index is 0.669. The second-order valence-corrected chi connectivity index (χ2v) is 2.25. The van der Waals surface area contributed by atoms with E-state index in [-0.39, 0.29) is 0 Å². The Bertz CT molecular complexity index is 257. The van der Waals surface area contributed by atoms with E-state index in [1.54, 1.807) is 30.2 Å². The van der Waals surface area contributed by atoms with E-state index in [4.69, 9.17) is 11.6 Å². The molecule has 0 N–H and O–H groups in total. The highest BCUT2D eigenvalue weighted by atomic mass is 35.5. The topological polar surface area (TPSA) is 17.1 Å². The molecule has 0 bridgehead atoms. The molecule has 0 amide bonds. The zero-order valence-electron chi connectivity index (χ0n) is 5.17. The van der Waals surface area contributed by atoms with Crippen molar-refractivity contribution >= 4 is 23.6 Å². The summed E-state index contributed by atoms with van der Waals surface area (Å²) < 4.78 is 0. The van der Waals surface area contributed by atoms with Crippen molar-refractivity contribution in [3.05, 3.63) is 34.9 Å². The van der Waals surface area contributed by atoms with Gasteiger partial charge >= 0.3 is 0 Å². The van der Waals surface area contributed by atoms with Gasteiger partial charge in [-0.25, -0.2) is 4.79 Å². The quantitative estimate of drug-likeness (QED) is 0.564. The first-order valence-electron chi connectivity index (χ1n) is 2.79. The normalized spacial score (nSPS) is 8.50. The average molecular weight is 153 g/mol. The van der Waals surface area contributed by atoms with Crippen molar-refractivity contribution in [1.29, 1.82) is 0 Å². The van der Waals surface area contributed by atoms with Crippen LogP contribution in [0.3, 0.4) is 0 Å². The van der Waals surface area contributed by atoms with E-state index in [2.05, 4.69) is 0 Å². The van der Waals surface area contributed by atoms with E-state index in [9.17, 15) is 4.79 Å². The molecule has 0 saturated carbocycles. The molecule has 1 rings (SSSR count). The predicted molar refractivity (Wildman–Crippen MR) is 41.6 cm³/mol. The van der Waals surface area contributed by atoms with Crippen molar-refractivity contribution in [2.45, 2.75) is 0 Å². The molecule has 0 unspecified atom stereocenters. The number of hydrogen-bond donors (Lipinski definition) is 0. The van der Waals surface area contributed by atoms with E-state index in [0.717, 1.165) is 5.56 Å². The molecule has 10 heavy (non-hydrogen) atoms. The summed E-state index contributed by atoms with van der Waals surface area (Å²) in [4.78, 5) is 9.85. The summed E-state index contributed by atoms with van der Waals surface area (Å²) in [5, 5.41) is 0.669. The first-order valence-corrected chi connectivity index (χ1v) is 3.17. The number of benzene rings is 1. The summed E-state index contributed by atoms with van der Waals surface area (Å²) in [6.07, 6.45) is 1.36. The molecule has 1 aromatic carbocycles. The number of hydrogen-bond acceptors (Lipinski definition) is 1. The van der Waals surface area contributed by atoms with Crippen LogP contribution in [-0.2, 0) is 4.79 Å². The lowest BCUT2D eigenvalue weighted by atomic mass is 10.2. The smallest absolute Gasteiger partial charge is 0.125 e. The maximum Gasteiger partial charge on any atom is 0.125 e. The molecular formula is C8H5ClO. The van der Waals surface area contributed by atoms with Crippen molar-refractivity contribution in [2.24, 2.45) is 0 Å². The summed E-state index contributed by atoms with van der Waals surface area (Å²) >= 11 is 5.60. The predicted octanol–water partition coefficient (Wildman–Crippen LogP) is 2.18. The Morgan fingerprint density at radius 3 is 2.40 bits per heavy atom. The van der Waals surface area contributed by atoms with Crippen molar-refractivity contribution in [1.82, 2.24) is 0 Å². The molecule has 0 aliphatic heterocycles. The highest BCUT2D eigenvalue weighted by molar-refractivity contribution is 6.30. The van der Waals surface area contributed by atoms with Gasteiger partial charge in [0.05, 0.1) is 0 Å². The summed E-state index contributed by atoms with van der Waals surface area (Å²) in [5.41, 5.74) is 0.819. The molecule has 0 aliphatic rings. The fourth-order valence-electron chi connectivity index (χ4n) is 0.627. The van der Waals surface area contributed by atoms with Gasteiger partial charge in [0.2, 0.25) is 0 Å². The molecule has 0 atom stereocenters. The maximum absolute atomic E-state index is 9.85. The SMILES string of the molecule is O=C=Cc1ccc(Cl)cc1. The Morgan fingerprint density at radius 1 is 1.30 bits per heavy atom. The van der Waals surface area contributed by atoms with E-state index in [1.165, 1.54) is 6.08 Å². The highest BCUT2D eigenvalue weighted by Gasteiger charge is 1.85. The average Bonchev–Trinajstić information content (AvgIpc) is 1.95. The van der Waals surface area contributed by atoms with Gasteiger partial charge in [-0.15, -0.1) is 0 Å². The second kappa shape index (κ2) is 3.21. The van der Waals surface area contributed by atoms with Gasteiger partial charge < -0.3 is 0 Å². The van der Waals surface area contributed by atoms with E-state index < -0.39 is 0 Å². The van der Waals surface area contributed by atoms with Crippen LogP contribution in [0.2, 0.25) is 5.02 Å². The third kappa shape index (κ3) is 1.73. The van der Waals surface area contributed by atoms with Gasteiger partial charge in [0, 0.05) is 11.1 Å². The lowest BCUT2D eigenvalue weighted by Crippen LogP contribution is -1.69. The molecule has 1 nitrogen and oxygen atoms in total. The van der Waals surface area contributed by atoms with Gasteiger partial charge in [-0.05, 0) is 17.7 Å². The number of carbonyl (C=O) groups excluding carboxylic acids is 1. The third-order valence-corrected chi connectivity index (χ3v) is 1.35. The molecule has 0 radical (unpaired) electrons. The van der Waals surface area contributed by atoms with Crippen molar-refractivity contribution < 1.29 is 4.79 Å². The van der Waals surface area contributed by atoms with Crippen LogP contribution in [-0.4, -0.2) is 5.94 Å². The monoisotopic (exact) mass is 152 g/mol. The van der Waals surface area contributed by atoms with E-state index in [0.29, 0.717) is 5.02 Å². The van der Waals surface area contributed by atoms with Gasteiger partial charge in [-0.2, -0.15) is 0 Å². The first-order chi connectivity index (χ1) is 4.83. The van der Waals surface area contributed by atoms with Crippen LogP contribution in [0.4, 0.5) is 0 Å². The van der Waals surface area contributed by atoms with Gasteiger partial charge in [0.25, 0.3) is 0 Å². The van der Waals surface area contributed by atoms with Crippen molar-refractivity contribution in [3.8, 4) is 0 Å². The number of halogens is 1. The van der Waals surface area contributed by atoms with Gasteiger partial charge in [0.1, 0.15) is 5.94 Å². The second-order valence-electron chi connectivity index (χ2n) is 1.81. The Hall–Kier alpha value is -1.04. The molecule has 2 heteroatoms. The Labute approximate surface area is 63.9 Å². The molecule has 0 heterocycles. The fraction of sp³-hybridized carbons (Fsp3) is 0. The van der Waals surface area contributed by atoms with E-state index >= 15 is 0 Å². The Kier molecular flexibility index (Phi) is 2.27. The largest absolute Gasteiger partial charge is 0.233 e. The minimum absolute atomic E-state index is 0.669. The Morgan fingerprint density at radius 2 is 1.90 bits per heavy atom. The van der Waals surface area contributed by atoms with Crippen molar-refractivity contribution in [3.63, 3.8) is 0 Å². The van der Waals surface area contributed by atoms with Crippen LogP contribution in [0.15, 0.2) is 24.3 Å². The molecule has 0 spiro atoms. The third-order valence-electron chi connectivity index (χ3n) is 1.10. The lowest BCUT2D eigenvalue weighted by molar-refractivity contribution is 0.570. The summed E-state index contributed by atoms with van der Waals surface area (Å²) in [6.45, 7) is 0. The van der Waals surface area contributed by atoms with Crippen molar-refractivity contribution in [2.75, 3.05) is 0 Å². The van der Waals surface area contributed by atoms with E-state index in [1.807, 2.05) is 0 Å². The molecule has 50 valence electrons. The van der Waals surface area contributed by atoms with Crippen LogP contribution in [0.1, 0.15) is 5.56 Å². The first kappa shape index (κ1) is 7.07. The molecule has 0 saturated heterocycles. The maximum atomic E-state index is 9.85. The molecule has 0 fully saturated rings. The fourth-order valence-corrected chi connectivity index (χ4v) is 0.753. The van der Waals surface area contributed by atoms with Crippen LogP contribution in [0, 0.1) is 0 Å². The van der Waals surface area contributed by atoms with Crippen LogP contribution in [0.25, 0.3) is 6.08 Å². The lowest BCUT2D eigenvalue weighted by Gasteiger charge is -1.88. The van der Waals surface area contributed by atoms with Crippen LogP contribution < -0.4 is 0 Å². The Balaban J connectivity index is 3.00. The molecule has 0 aromatic heterocycles. The van der Waals surface area contributed by atoms with Crippen LogP contribution in [0.5, 0.6) is 0 Å². The van der Waals surface area contributed by atoms with Gasteiger partial charge in [0.15, 0.2) is 0 Å². The van der Waals surface area contributed by atoms with Gasteiger partial charge in [-0.3, -0.25) is 0 Å².